The molecule has 0 spiro atoms. The van der Waals surface area contributed by atoms with E-state index in [0.29, 0.717) is 18.0 Å². The summed E-state index contributed by atoms with van der Waals surface area (Å²) in [5.74, 6) is -0.724. The van der Waals surface area contributed by atoms with Gasteiger partial charge in [-0.1, -0.05) is 11.6 Å². The maximum absolute atomic E-state index is 12.2. The Morgan fingerprint density at radius 2 is 1.89 bits per heavy atom. The van der Waals surface area contributed by atoms with Crippen LogP contribution in [0.1, 0.15) is 24.2 Å². The second-order valence-electron chi connectivity index (χ2n) is 5.42. The summed E-state index contributed by atoms with van der Waals surface area (Å²) in [7, 11) is 0. The van der Waals surface area contributed by atoms with Gasteiger partial charge in [-0.2, -0.15) is 0 Å². The number of nitrogens with one attached hydrogen (secondary N) is 1. The summed E-state index contributed by atoms with van der Waals surface area (Å²) in [6, 6.07) is 10.1. The quantitative estimate of drug-likeness (QED) is 0.436. The highest BCUT2D eigenvalue weighted by molar-refractivity contribution is 6.33. The van der Waals surface area contributed by atoms with Crippen LogP contribution in [0.25, 0.3) is 0 Å². The molecule has 0 heterocycles. The molecular formula is C18H17ClN2O6. The van der Waals surface area contributed by atoms with Gasteiger partial charge in [0.05, 0.1) is 22.1 Å². The molecule has 1 N–H and O–H groups in total. The first kappa shape index (κ1) is 20.2. The molecule has 0 aliphatic carbocycles. The van der Waals surface area contributed by atoms with E-state index in [1.807, 2.05) is 6.92 Å². The van der Waals surface area contributed by atoms with Gasteiger partial charge in [0, 0.05) is 17.8 Å². The molecule has 1 amide bonds. The maximum Gasteiger partial charge on any atom is 0.340 e. The number of nitrogens with zero attached hydrogens (tertiary/aromatic N) is 1. The molecule has 27 heavy (non-hydrogen) atoms. The van der Waals surface area contributed by atoms with Gasteiger partial charge in [-0.3, -0.25) is 14.9 Å². The van der Waals surface area contributed by atoms with Gasteiger partial charge >= 0.3 is 5.97 Å². The molecule has 0 aliphatic rings. The van der Waals surface area contributed by atoms with E-state index in [9.17, 15) is 19.7 Å². The lowest BCUT2D eigenvalue weighted by Crippen LogP contribution is -2.30. The molecule has 0 radical (unpaired) electrons. The average molecular weight is 393 g/mol. The van der Waals surface area contributed by atoms with Crippen LogP contribution < -0.4 is 10.1 Å². The summed E-state index contributed by atoms with van der Waals surface area (Å²) in [6.45, 7) is 3.80. The Bertz CT molecular complexity index is 853. The van der Waals surface area contributed by atoms with E-state index < -0.39 is 22.9 Å². The molecule has 0 unspecified atom stereocenters. The van der Waals surface area contributed by atoms with Gasteiger partial charge in [0.15, 0.2) is 6.10 Å². The Morgan fingerprint density at radius 3 is 2.44 bits per heavy atom. The molecular weight excluding hydrogens is 376 g/mol. The number of carbonyl (C=O) groups excluding carboxylic acids is 2. The SMILES string of the molecule is CCOc1ccc(NC(=O)[C@H](C)OC(=O)c2ccc([N+](=O)[O-])cc2Cl)cc1. The lowest BCUT2D eigenvalue weighted by molar-refractivity contribution is -0.384. The number of benzene rings is 2. The molecule has 0 aromatic heterocycles. The van der Waals surface area contributed by atoms with Crippen LogP contribution in [-0.4, -0.2) is 29.5 Å². The molecule has 0 fully saturated rings. The number of esters is 1. The van der Waals surface area contributed by atoms with Gasteiger partial charge in [-0.25, -0.2) is 4.79 Å². The minimum atomic E-state index is -1.10. The van der Waals surface area contributed by atoms with E-state index in [-0.39, 0.29) is 16.3 Å². The van der Waals surface area contributed by atoms with Gasteiger partial charge in [0.25, 0.3) is 11.6 Å². The first-order valence-corrected chi connectivity index (χ1v) is 8.38. The van der Waals surface area contributed by atoms with E-state index in [1.54, 1.807) is 24.3 Å². The van der Waals surface area contributed by atoms with Crippen LogP contribution in [0.4, 0.5) is 11.4 Å². The number of hydrogen-bond acceptors (Lipinski definition) is 6. The molecule has 2 aromatic rings. The first-order valence-electron chi connectivity index (χ1n) is 8.00. The highest BCUT2D eigenvalue weighted by Gasteiger charge is 2.22. The number of halogens is 1. The number of anilines is 1. The lowest BCUT2D eigenvalue weighted by Gasteiger charge is -2.14. The van der Waals surface area contributed by atoms with E-state index in [0.717, 1.165) is 12.1 Å². The van der Waals surface area contributed by atoms with Crippen LogP contribution in [0, 0.1) is 10.1 Å². The Labute approximate surface area is 160 Å². The summed E-state index contributed by atoms with van der Waals surface area (Å²) >= 11 is 5.88. The van der Waals surface area contributed by atoms with Crippen molar-refractivity contribution >= 4 is 34.9 Å². The van der Waals surface area contributed by atoms with Crippen LogP contribution >= 0.6 is 11.6 Å². The molecule has 142 valence electrons. The number of hydrogen-bond donors (Lipinski definition) is 1. The van der Waals surface area contributed by atoms with Crippen LogP contribution in [0.5, 0.6) is 5.75 Å². The molecule has 2 aromatic carbocycles. The minimum absolute atomic E-state index is 0.0667. The van der Waals surface area contributed by atoms with Crippen molar-refractivity contribution in [1.82, 2.24) is 0 Å². The standard InChI is InChI=1S/C18H17ClN2O6/c1-3-26-14-7-4-12(5-8-14)20-17(22)11(2)27-18(23)15-9-6-13(21(24)25)10-16(15)19/h4-11H,3H2,1-2H3,(H,20,22)/t11-/m0/s1. The van der Waals surface area contributed by atoms with Gasteiger partial charge in [0.2, 0.25) is 0 Å². The van der Waals surface area contributed by atoms with Crippen molar-refractivity contribution in [2.45, 2.75) is 20.0 Å². The summed E-state index contributed by atoms with van der Waals surface area (Å²) in [4.78, 5) is 34.4. The number of rotatable bonds is 7. The first-order chi connectivity index (χ1) is 12.8. The molecule has 0 saturated carbocycles. The number of carbonyl (C=O) groups is 2. The molecule has 0 aliphatic heterocycles. The largest absolute Gasteiger partial charge is 0.494 e. The topological polar surface area (TPSA) is 108 Å². The number of amides is 1. The molecule has 1 atom stereocenters. The Kier molecular flexibility index (Phi) is 6.73. The van der Waals surface area contributed by atoms with Crippen LogP contribution in [-0.2, 0) is 9.53 Å². The van der Waals surface area contributed by atoms with Crippen molar-refractivity contribution in [3.05, 3.63) is 63.2 Å². The highest BCUT2D eigenvalue weighted by atomic mass is 35.5. The molecule has 0 bridgehead atoms. The molecule has 8 nitrogen and oxygen atoms in total. The third kappa shape index (κ3) is 5.42. The van der Waals surface area contributed by atoms with Gasteiger partial charge in [0.1, 0.15) is 5.75 Å². The fourth-order valence-electron chi connectivity index (χ4n) is 2.11. The molecule has 0 saturated heterocycles. The van der Waals surface area contributed by atoms with Crippen molar-refractivity contribution in [1.29, 1.82) is 0 Å². The lowest BCUT2D eigenvalue weighted by atomic mass is 10.2. The summed E-state index contributed by atoms with van der Waals surface area (Å²) < 4.78 is 10.4. The minimum Gasteiger partial charge on any atom is -0.494 e. The van der Waals surface area contributed by atoms with E-state index >= 15 is 0 Å². The van der Waals surface area contributed by atoms with Crippen molar-refractivity contribution in [2.24, 2.45) is 0 Å². The van der Waals surface area contributed by atoms with E-state index in [1.165, 1.54) is 13.0 Å². The zero-order chi connectivity index (χ0) is 20.0. The monoisotopic (exact) mass is 392 g/mol. The summed E-state index contributed by atoms with van der Waals surface area (Å²) in [5, 5.41) is 13.2. The smallest absolute Gasteiger partial charge is 0.340 e. The van der Waals surface area contributed by atoms with Crippen molar-refractivity contribution in [2.75, 3.05) is 11.9 Å². The van der Waals surface area contributed by atoms with Crippen LogP contribution in [0.15, 0.2) is 42.5 Å². The maximum atomic E-state index is 12.2. The van der Waals surface area contributed by atoms with Crippen molar-refractivity contribution in [3.8, 4) is 5.75 Å². The zero-order valence-electron chi connectivity index (χ0n) is 14.6. The van der Waals surface area contributed by atoms with Crippen LogP contribution in [0.3, 0.4) is 0 Å². The second-order valence-corrected chi connectivity index (χ2v) is 5.82. The Morgan fingerprint density at radius 1 is 1.22 bits per heavy atom. The zero-order valence-corrected chi connectivity index (χ0v) is 15.4. The Hall–Kier alpha value is -3.13. The third-order valence-corrected chi connectivity index (χ3v) is 3.78. The highest BCUT2D eigenvalue weighted by Crippen LogP contribution is 2.23. The Balaban J connectivity index is 1.99. The number of nitro groups is 1. The predicted molar refractivity (Wildman–Crippen MR) is 99.2 cm³/mol. The predicted octanol–water partition coefficient (Wildman–Crippen LogP) is 3.83. The van der Waals surface area contributed by atoms with Crippen LogP contribution in [0.2, 0.25) is 5.02 Å². The fraction of sp³-hybridized carbons (Fsp3) is 0.222. The average Bonchev–Trinajstić information content (AvgIpc) is 2.63. The number of non-ortho nitro benzene ring substituents is 1. The number of nitro benzene ring substituents is 1. The van der Waals surface area contributed by atoms with E-state index in [2.05, 4.69) is 5.32 Å². The third-order valence-electron chi connectivity index (χ3n) is 3.47. The number of ether oxygens (including phenoxy) is 2. The summed E-state index contributed by atoms with van der Waals surface area (Å²) in [6.07, 6.45) is -1.10. The van der Waals surface area contributed by atoms with Gasteiger partial charge in [-0.15, -0.1) is 0 Å². The van der Waals surface area contributed by atoms with E-state index in [4.69, 9.17) is 21.1 Å². The molecule has 9 heteroatoms. The van der Waals surface area contributed by atoms with Crippen molar-refractivity contribution < 1.29 is 24.0 Å². The van der Waals surface area contributed by atoms with Crippen molar-refractivity contribution in [3.63, 3.8) is 0 Å². The normalized spacial score (nSPS) is 11.4. The van der Waals surface area contributed by atoms with Gasteiger partial charge < -0.3 is 14.8 Å². The van der Waals surface area contributed by atoms with Gasteiger partial charge in [-0.05, 0) is 44.2 Å². The molecule has 2 rings (SSSR count). The second kappa shape index (κ2) is 9.00. The fourth-order valence-corrected chi connectivity index (χ4v) is 2.36. The summed E-state index contributed by atoms with van der Waals surface area (Å²) in [5.41, 5.74) is 0.195.